The molecule has 0 spiro atoms. The number of alkyl halides is 3. The Labute approximate surface area is 198 Å². The first-order valence-electron chi connectivity index (χ1n) is 10.8. The van der Waals surface area contributed by atoms with E-state index < -0.39 is 29.5 Å². The van der Waals surface area contributed by atoms with Crippen LogP contribution >= 0.6 is 0 Å². The number of aromatic nitrogens is 2. The van der Waals surface area contributed by atoms with E-state index in [-0.39, 0.29) is 31.2 Å². The van der Waals surface area contributed by atoms with Crippen LogP contribution in [0.4, 0.5) is 29.2 Å². The average Bonchev–Trinajstić information content (AvgIpc) is 2.84. The maximum absolute atomic E-state index is 15.4. The van der Waals surface area contributed by atoms with Gasteiger partial charge in [-0.25, -0.2) is 9.97 Å². The van der Waals surface area contributed by atoms with E-state index in [9.17, 15) is 18.0 Å². The Morgan fingerprint density at radius 1 is 1.09 bits per heavy atom. The molecule has 1 atom stereocenters. The molecule has 3 aromatic rings. The molecule has 1 aromatic heterocycles. The molecule has 2 heterocycles. The van der Waals surface area contributed by atoms with E-state index in [0.29, 0.717) is 18.7 Å². The summed E-state index contributed by atoms with van der Waals surface area (Å²) in [6.45, 7) is 1.08. The van der Waals surface area contributed by atoms with Crippen LogP contribution in [-0.2, 0) is 28.7 Å². The predicted molar refractivity (Wildman–Crippen MR) is 121 cm³/mol. The Balaban J connectivity index is 1.51. The lowest BCUT2D eigenvalue weighted by atomic mass is 10.0. The first kappa shape index (κ1) is 24.4. The van der Waals surface area contributed by atoms with E-state index in [1.807, 2.05) is 0 Å². The monoisotopic (exact) mass is 489 g/mol. The largest absolute Gasteiger partial charge is 0.416 e. The van der Waals surface area contributed by atoms with Crippen molar-refractivity contribution in [1.82, 2.24) is 9.97 Å². The van der Waals surface area contributed by atoms with Gasteiger partial charge in [0.1, 0.15) is 6.33 Å². The van der Waals surface area contributed by atoms with E-state index in [1.165, 1.54) is 18.5 Å². The van der Waals surface area contributed by atoms with Crippen molar-refractivity contribution in [3.8, 4) is 0 Å². The molecule has 1 aliphatic heterocycles. The summed E-state index contributed by atoms with van der Waals surface area (Å²) in [5.41, 5.74) is 6.61. The first-order valence-corrected chi connectivity index (χ1v) is 10.8. The summed E-state index contributed by atoms with van der Waals surface area (Å²) in [6.07, 6.45) is -3.07. The average molecular weight is 489 g/mol. The van der Waals surface area contributed by atoms with Gasteiger partial charge in [-0.3, -0.25) is 4.79 Å². The summed E-state index contributed by atoms with van der Waals surface area (Å²) < 4.78 is 59.7. The fourth-order valence-corrected chi connectivity index (χ4v) is 3.87. The molecule has 1 amide bonds. The van der Waals surface area contributed by atoms with Gasteiger partial charge in [0.15, 0.2) is 11.6 Å². The number of morpholine rings is 1. The topological polar surface area (TPSA) is 93.4 Å². The summed E-state index contributed by atoms with van der Waals surface area (Å²) in [7, 11) is 0. The lowest BCUT2D eigenvalue weighted by Gasteiger charge is -2.37. The van der Waals surface area contributed by atoms with Crippen molar-refractivity contribution >= 4 is 17.5 Å². The molecule has 1 saturated heterocycles. The number of carbonyl (C=O) groups is 1. The van der Waals surface area contributed by atoms with Gasteiger partial charge in [0.2, 0.25) is 11.7 Å². The maximum Gasteiger partial charge on any atom is 0.416 e. The minimum absolute atomic E-state index is 0.00567. The third-order valence-corrected chi connectivity index (χ3v) is 5.66. The summed E-state index contributed by atoms with van der Waals surface area (Å²) in [5.74, 6) is -1.07. The quantitative estimate of drug-likeness (QED) is 0.490. The lowest BCUT2D eigenvalue weighted by Crippen LogP contribution is -2.40. The molecule has 35 heavy (non-hydrogen) atoms. The van der Waals surface area contributed by atoms with Crippen LogP contribution in [0.5, 0.6) is 0 Å². The molecule has 1 unspecified atom stereocenters. The molecule has 1 aliphatic rings. The van der Waals surface area contributed by atoms with Crippen molar-refractivity contribution in [1.29, 1.82) is 0 Å². The molecular formula is C24H23F4N5O2. The predicted octanol–water partition coefficient (Wildman–Crippen LogP) is 3.85. The molecule has 3 N–H and O–H groups in total. The smallest absolute Gasteiger partial charge is 0.377 e. The number of nitrogens with one attached hydrogen (secondary N) is 1. The number of nitrogens with two attached hydrogens (primary N) is 1. The Hall–Kier alpha value is -3.73. The van der Waals surface area contributed by atoms with Crippen molar-refractivity contribution in [2.75, 3.05) is 30.0 Å². The number of hydrogen-bond acceptors (Lipinski definition) is 6. The standard InChI is InChI=1S/C24H23F4N5O2/c25-21-22(30-12-16-3-1-15(2-4-16)11-20(29)34)31-14-32-23(21)33-9-10-35-13-19(33)17-5-7-18(8-6-17)24(26,27)28/h1-8,14,19H,9-13H2,(H2,29,34)(H,30,31,32). The maximum atomic E-state index is 15.4. The highest BCUT2D eigenvalue weighted by Gasteiger charge is 2.32. The van der Waals surface area contributed by atoms with Crippen LogP contribution in [0, 0.1) is 5.82 Å². The summed E-state index contributed by atoms with van der Waals surface area (Å²) in [4.78, 5) is 20.8. The highest BCUT2D eigenvalue weighted by molar-refractivity contribution is 5.76. The van der Waals surface area contributed by atoms with E-state index in [1.54, 1.807) is 29.2 Å². The van der Waals surface area contributed by atoms with Crippen molar-refractivity contribution in [2.45, 2.75) is 25.2 Å². The molecule has 184 valence electrons. The van der Waals surface area contributed by atoms with Crippen molar-refractivity contribution in [2.24, 2.45) is 5.73 Å². The number of rotatable bonds is 7. The molecular weight excluding hydrogens is 466 g/mol. The Morgan fingerprint density at radius 2 is 1.77 bits per heavy atom. The van der Waals surface area contributed by atoms with Crippen molar-refractivity contribution in [3.05, 3.63) is 82.9 Å². The Bertz CT molecular complexity index is 1170. The number of hydrogen-bond donors (Lipinski definition) is 2. The van der Waals surface area contributed by atoms with Crippen LogP contribution in [0.25, 0.3) is 0 Å². The third kappa shape index (κ3) is 5.86. The van der Waals surface area contributed by atoms with Gasteiger partial charge in [-0.05, 0) is 28.8 Å². The van der Waals surface area contributed by atoms with Gasteiger partial charge in [0.25, 0.3) is 0 Å². The number of nitrogens with zero attached hydrogens (tertiary/aromatic N) is 3. The Kier molecular flexibility index (Phi) is 7.15. The fourth-order valence-electron chi connectivity index (χ4n) is 3.87. The fraction of sp³-hybridized carbons (Fsp3) is 0.292. The van der Waals surface area contributed by atoms with Gasteiger partial charge in [0.05, 0.1) is 31.2 Å². The highest BCUT2D eigenvalue weighted by Crippen LogP contribution is 2.34. The van der Waals surface area contributed by atoms with Gasteiger partial charge in [-0.1, -0.05) is 36.4 Å². The number of anilines is 2. The van der Waals surface area contributed by atoms with E-state index in [4.69, 9.17) is 10.5 Å². The molecule has 4 rings (SSSR count). The molecule has 11 heteroatoms. The zero-order valence-electron chi connectivity index (χ0n) is 18.6. The minimum Gasteiger partial charge on any atom is -0.377 e. The normalized spacial score (nSPS) is 16.2. The molecule has 2 aromatic carbocycles. The number of benzene rings is 2. The number of amides is 1. The van der Waals surface area contributed by atoms with Crippen LogP contribution in [0.2, 0.25) is 0 Å². The first-order chi connectivity index (χ1) is 16.7. The van der Waals surface area contributed by atoms with Crippen molar-refractivity contribution in [3.63, 3.8) is 0 Å². The van der Waals surface area contributed by atoms with Gasteiger partial charge in [-0.15, -0.1) is 0 Å². The molecule has 0 aliphatic carbocycles. The molecule has 0 radical (unpaired) electrons. The zero-order chi connectivity index (χ0) is 25.0. The summed E-state index contributed by atoms with van der Waals surface area (Å²) >= 11 is 0. The molecule has 1 fully saturated rings. The van der Waals surface area contributed by atoms with E-state index >= 15 is 4.39 Å². The van der Waals surface area contributed by atoms with Gasteiger partial charge in [0, 0.05) is 13.1 Å². The van der Waals surface area contributed by atoms with Gasteiger partial charge < -0.3 is 20.7 Å². The second-order valence-electron chi connectivity index (χ2n) is 8.08. The summed E-state index contributed by atoms with van der Waals surface area (Å²) in [5, 5.41) is 2.95. The highest BCUT2D eigenvalue weighted by atomic mass is 19.4. The van der Waals surface area contributed by atoms with E-state index in [0.717, 1.165) is 23.3 Å². The SMILES string of the molecule is NC(=O)Cc1ccc(CNc2ncnc(N3CCOCC3c3ccc(C(F)(F)F)cc3)c2F)cc1. The number of ether oxygens (including phenoxy) is 1. The second-order valence-corrected chi connectivity index (χ2v) is 8.08. The molecule has 7 nitrogen and oxygen atoms in total. The minimum atomic E-state index is -4.44. The third-order valence-electron chi connectivity index (χ3n) is 5.66. The lowest BCUT2D eigenvalue weighted by molar-refractivity contribution is -0.137. The molecule has 0 saturated carbocycles. The van der Waals surface area contributed by atoms with Crippen LogP contribution in [0.15, 0.2) is 54.9 Å². The number of carbonyl (C=O) groups excluding carboxylic acids is 1. The van der Waals surface area contributed by atoms with Crippen molar-refractivity contribution < 1.29 is 27.1 Å². The zero-order valence-corrected chi connectivity index (χ0v) is 18.6. The van der Waals surface area contributed by atoms with Crippen LogP contribution in [0.1, 0.15) is 28.3 Å². The molecule has 0 bridgehead atoms. The van der Waals surface area contributed by atoms with Crippen LogP contribution < -0.4 is 16.0 Å². The second kappa shape index (κ2) is 10.3. The van der Waals surface area contributed by atoms with Gasteiger partial charge >= 0.3 is 6.18 Å². The van der Waals surface area contributed by atoms with E-state index in [2.05, 4.69) is 15.3 Å². The number of primary amides is 1. The van der Waals surface area contributed by atoms with Crippen LogP contribution in [0.3, 0.4) is 0 Å². The number of halogens is 4. The van der Waals surface area contributed by atoms with Crippen LogP contribution in [-0.4, -0.2) is 35.6 Å². The van der Waals surface area contributed by atoms with Gasteiger partial charge in [-0.2, -0.15) is 17.6 Å². The summed E-state index contributed by atoms with van der Waals surface area (Å²) in [6, 6.07) is 11.4. The Morgan fingerprint density at radius 3 is 2.43 bits per heavy atom.